The number of rotatable bonds is 2. The van der Waals surface area contributed by atoms with Gasteiger partial charge in [0, 0.05) is 17.8 Å². The lowest BCUT2D eigenvalue weighted by Gasteiger charge is -2.09. The van der Waals surface area contributed by atoms with E-state index in [-0.39, 0.29) is 5.69 Å². The van der Waals surface area contributed by atoms with Crippen LogP contribution in [0.3, 0.4) is 0 Å². The Morgan fingerprint density at radius 3 is 2.70 bits per heavy atom. The molecule has 2 aromatic heterocycles. The van der Waals surface area contributed by atoms with E-state index in [1.54, 1.807) is 24.5 Å². The van der Waals surface area contributed by atoms with Crippen molar-refractivity contribution in [3.8, 4) is 16.9 Å². The van der Waals surface area contributed by atoms with Gasteiger partial charge < -0.3 is 5.73 Å². The van der Waals surface area contributed by atoms with Gasteiger partial charge in [0.1, 0.15) is 17.5 Å². The first kappa shape index (κ1) is 12.3. The first-order valence-corrected chi connectivity index (χ1v) is 5.85. The maximum Gasteiger partial charge on any atom is 0.150 e. The average molecular weight is 272 g/mol. The fourth-order valence-electron chi connectivity index (χ4n) is 1.98. The zero-order valence-corrected chi connectivity index (χ0v) is 10.3. The van der Waals surface area contributed by atoms with E-state index in [9.17, 15) is 8.78 Å². The lowest BCUT2D eigenvalue weighted by molar-refractivity contribution is 0.578. The number of benzene rings is 1. The largest absolute Gasteiger partial charge is 0.384 e. The van der Waals surface area contributed by atoms with Crippen LogP contribution in [0.4, 0.5) is 14.6 Å². The van der Waals surface area contributed by atoms with E-state index >= 15 is 0 Å². The summed E-state index contributed by atoms with van der Waals surface area (Å²) in [6.07, 6.45) is 4.60. The zero-order valence-electron chi connectivity index (χ0n) is 10.3. The maximum atomic E-state index is 13.9. The molecule has 20 heavy (non-hydrogen) atoms. The zero-order chi connectivity index (χ0) is 14.1. The molecule has 0 unspecified atom stereocenters. The quantitative estimate of drug-likeness (QED) is 0.780. The van der Waals surface area contributed by atoms with Crippen molar-refractivity contribution in [1.29, 1.82) is 0 Å². The lowest BCUT2D eigenvalue weighted by Crippen LogP contribution is -2.00. The van der Waals surface area contributed by atoms with Crippen molar-refractivity contribution in [3.05, 3.63) is 60.7 Å². The third-order valence-electron chi connectivity index (χ3n) is 2.88. The summed E-state index contributed by atoms with van der Waals surface area (Å²) in [5.74, 6) is -0.929. The van der Waals surface area contributed by atoms with Gasteiger partial charge in [0.15, 0.2) is 0 Å². The molecule has 100 valence electrons. The Kier molecular flexibility index (Phi) is 2.90. The summed E-state index contributed by atoms with van der Waals surface area (Å²) in [4.78, 5) is 7.92. The molecule has 4 nitrogen and oxygen atoms in total. The standard InChI is InChI=1S/C14H10F2N4/c15-10-1-2-12(11(16)6-10)20-8-18-7-13(20)9-3-4-19-14(17)5-9/h1-8H,(H2,17,19). The summed E-state index contributed by atoms with van der Waals surface area (Å²) in [5.41, 5.74) is 7.25. The number of nitrogen functional groups attached to an aromatic ring is 1. The van der Waals surface area contributed by atoms with Crippen molar-refractivity contribution < 1.29 is 8.78 Å². The molecule has 0 radical (unpaired) electrons. The van der Waals surface area contributed by atoms with E-state index in [0.29, 0.717) is 11.5 Å². The van der Waals surface area contributed by atoms with Crippen LogP contribution in [-0.2, 0) is 0 Å². The Labute approximate surface area is 113 Å². The van der Waals surface area contributed by atoms with Crippen LogP contribution in [0, 0.1) is 11.6 Å². The molecule has 0 fully saturated rings. The van der Waals surface area contributed by atoms with Gasteiger partial charge in [-0.2, -0.15) is 0 Å². The van der Waals surface area contributed by atoms with E-state index in [1.165, 1.54) is 23.0 Å². The second-order valence-electron chi connectivity index (χ2n) is 4.21. The summed E-state index contributed by atoms with van der Waals surface area (Å²) < 4.78 is 28.4. The van der Waals surface area contributed by atoms with E-state index in [4.69, 9.17) is 5.73 Å². The normalized spacial score (nSPS) is 10.7. The minimum absolute atomic E-state index is 0.217. The second kappa shape index (κ2) is 4.73. The molecule has 3 aromatic rings. The van der Waals surface area contributed by atoms with E-state index in [0.717, 1.165) is 11.6 Å². The fraction of sp³-hybridized carbons (Fsp3) is 0. The number of hydrogen-bond donors (Lipinski definition) is 1. The van der Waals surface area contributed by atoms with Crippen LogP contribution in [-0.4, -0.2) is 14.5 Å². The number of nitrogens with zero attached hydrogens (tertiary/aromatic N) is 3. The molecule has 0 saturated heterocycles. The van der Waals surface area contributed by atoms with Gasteiger partial charge in [-0.25, -0.2) is 18.7 Å². The minimum atomic E-state index is -0.661. The molecule has 0 atom stereocenters. The molecule has 0 spiro atoms. The third-order valence-corrected chi connectivity index (χ3v) is 2.88. The van der Waals surface area contributed by atoms with Crippen molar-refractivity contribution in [1.82, 2.24) is 14.5 Å². The predicted molar refractivity (Wildman–Crippen MR) is 71.1 cm³/mol. The van der Waals surface area contributed by atoms with E-state index in [1.807, 2.05) is 0 Å². The monoisotopic (exact) mass is 272 g/mol. The SMILES string of the molecule is Nc1cc(-c2cncn2-c2ccc(F)cc2F)ccn1. The average Bonchev–Trinajstić information content (AvgIpc) is 2.87. The van der Waals surface area contributed by atoms with Crippen LogP contribution in [0.2, 0.25) is 0 Å². The highest BCUT2D eigenvalue weighted by atomic mass is 19.1. The molecule has 0 aliphatic heterocycles. The molecule has 2 heterocycles. The van der Waals surface area contributed by atoms with Crippen LogP contribution < -0.4 is 5.73 Å². The highest BCUT2D eigenvalue weighted by Crippen LogP contribution is 2.25. The first-order chi connectivity index (χ1) is 9.65. The minimum Gasteiger partial charge on any atom is -0.384 e. The molecular weight excluding hydrogens is 262 g/mol. The summed E-state index contributed by atoms with van der Waals surface area (Å²) >= 11 is 0. The molecule has 1 aromatic carbocycles. The fourth-order valence-corrected chi connectivity index (χ4v) is 1.98. The van der Waals surface area contributed by atoms with Crippen LogP contribution in [0.5, 0.6) is 0 Å². The van der Waals surface area contributed by atoms with Gasteiger partial charge in [0.25, 0.3) is 0 Å². The van der Waals surface area contributed by atoms with Crippen LogP contribution >= 0.6 is 0 Å². The topological polar surface area (TPSA) is 56.7 Å². The summed E-state index contributed by atoms with van der Waals surface area (Å²) in [6.45, 7) is 0. The van der Waals surface area contributed by atoms with Gasteiger partial charge in [-0.05, 0) is 24.3 Å². The van der Waals surface area contributed by atoms with Crippen molar-refractivity contribution in [2.24, 2.45) is 0 Å². The number of pyridine rings is 1. The molecule has 2 N–H and O–H groups in total. The number of halogens is 2. The van der Waals surface area contributed by atoms with Crippen molar-refractivity contribution >= 4 is 5.82 Å². The summed E-state index contributed by atoms with van der Waals surface area (Å²) in [6, 6.07) is 6.80. The first-order valence-electron chi connectivity index (χ1n) is 5.85. The molecule has 0 aliphatic carbocycles. The van der Waals surface area contributed by atoms with Crippen molar-refractivity contribution in [2.75, 3.05) is 5.73 Å². The number of imidazole rings is 1. The Morgan fingerprint density at radius 2 is 1.95 bits per heavy atom. The lowest BCUT2D eigenvalue weighted by atomic mass is 10.2. The van der Waals surface area contributed by atoms with E-state index < -0.39 is 11.6 Å². The van der Waals surface area contributed by atoms with Crippen LogP contribution in [0.25, 0.3) is 16.9 Å². The van der Waals surface area contributed by atoms with Gasteiger partial charge in [-0.15, -0.1) is 0 Å². The number of aromatic nitrogens is 3. The molecule has 0 aliphatic rings. The molecule has 0 saturated carbocycles. The molecular formula is C14H10F2N4. The Morgan fingerprint density at radius 1 is 1.10 bits per heavy atom. The maximum absolute atomic E-state index is 13.9. The Balaban J connectivity index is 2.15. The van der Waals surface area contributed by atoms with E-state index in [2.05, 4.69) is 9.97 Å². The van der Waals surface area contributed by atoms with Crippen molar-refractivity contribution in [2.45, 2.75) is 0 Å². The van der Waals surface area contributed by atoms with Gasteiger partial charge in [0.05, 0.1) is 23.9 Å². The van der Waals surface area contributed by atoms with Gasteiger partial charge >= 0.3 is 0 Å². The highest BCUT2D eigenvalue weighted by molar-refractivity contribution is 5.64. The molecule has 6 heteroatoms. The number of hydrogen-bond acceptors (Lipinski definition) is 3. The molecule has 3 rings (SSSR count). The van der Waals surface area contributed by atoms with Crippen molar-refractivity contribution in [3.63, 3.8) is 0 Å². The smallest absolute Gasteiger partial charge is 0.150 e. The second-order valence-corrected chi connectivity index (χ2v) is 4.21. The Hall–Kier alpha value is -2.76. The van der Waals surface area contributed by atoms with Gasteiger partial charge in [0.2, 0.25) is 0 Å². The Bertz CT molecular complexity index is 767. The predicted octanol–water partition coefficient (Wildman–Crippen LogP) is 2.79. The van der Waals surface area contributed by atoms with Crippen LogP contribution in [0.1, 0.15) is 0 Å². The molecule has 0 amide bonds. The number of nitrogens with two attached hydrogens (primary N) is 1. The summed E-state index contributed by atoms with van der Waals surface area (Å²) in [5, 5.41) is 0. The summed E-state index contributed by atoms with van der Waals surface area (Å²) in [7, 11) is 0. The number of anilines is 1. The molecule has 0 bridgehead atoms. The third kappa shape index (κ3) is 2.11. The van der Waals surface area contributed by atoms with Gasteiger partial charge in [-0.3, -0.25) is 4.57 Å². The van der Waals surface area contributed by atoms with Crippen LogP contribution in [0.15, 0.2) is 49.1 Å². The van der Waals surface area contributed by atoms with Gasteiger partial charge in [-0.1, -0.05) is 0 Å². The highest BCUT2D eigenvalue weighted by Gasteiger charge is 2.11.